The van der Waals surface area contributed by atoms with E-state index in [2.05, 4.69) is 39.3 Å². The molecule has 0 saturated carbocycles. The van der Waals surface area contributed by atoms with E-state index in [1.807, 2.05) is 6.92 Å². The van der Waals surface area contributed by atoms with E-state index in [-0.39, 0.29) is 0 Å². The number of thiazole rings is 1. The third-order valence-electron chi connectivity index (χ3n) is 1.61. The van der Waals surface area contributed by atoms with Crippen LogP contribution in [0.4, 0.5) is 0 Å². The molecule has 0 aromatic carbocycles. The average molecular weight is 246 g/mol. The average Bonchev–Trinajstić information content (AvgIpc) is 2.47. The maximum Gasteiger partial charge on any atom is 0.0901 e. The van der Waals surface area contributed by atoms with Crippen LogP contribution in [0, 0.1) is 6.92 Å². The molecule has 12 heavy (non-hydrogen) atoms. The summed E-state index contributed by atoms with van der Waals surface area (Å²) in [5, 5.41) is 4.17. The van der Waals surface area contributed by atoms with Gasteiger partial charge in [0, 0.05) is 10.7 Å². The lowest BCUT2D eigenvalue weighted by Gasteiger charge is -1.95. The molecule has 0 aliphatic heterocycles. The van der Waals surface area contributed by atoms with Gasteiger partial charge in [-0.1, -0.05) is 28.4 Å². The molecule has 3 heteroatoms. The molecule has 0 unspecified atom stereocenters. The fourth-order valence-electron chi connectivity index (χ4n) is 0.891. The molecule has 1 rings (SSSR count). The molecule has 66 valence electrons. The summed E-state index contributed by atoms with van der Waals surface area (Å²) in [5.74, 6) is 0. The first-order chi connectivity index (χ1) is 5.76. The van der Waals surface area contributed by atoms with Gasteiger partial charge >= 0.3 is 0 Å². The van der Waals surface area contributed by atoms with Crippen LogP contribution in [0.3, 0.4) is 0 Å². The van der Waals surface area contributed by atoms with Gasteiger partial charge in [0.2, 0.25) is 0 Å². The second-order valence-corrected chi connectivity index (χ2v) is 4.20. The van der Waals surface area contributed by atoms with Crippen molar-refractivity contribution in [3.8, 4) is 0 Å². The van der Waals surface area contributed by atoms with E-state index in [9.17, 15) is 0 Å². The summed E-state index contributed by atoms with van der Waals surface area (Å²) in [6.45, 7) is 4.19. The number of halogens is 1. The SMILES string of the molecule is CC/C(=C\c1csc(C)n1)CBr. The second-order valence-electron chi connectivity index (χ2n) is 2.58. The minimum atomic E-state index is 0.945. The smallest absolute Gasteiger partial charge is 0.0901 e. The van der Waals surface area contributed by atoms with E-state index in [4.69, 9.17) is 0 Å². The number of hydrogen-bond acceptors (Lipinski definition) is 2. The van der Waals surface area contributed by atoms with Crippen molar-refractivity contribution in [1.29, 1.82) is 0 Å². The lowest BCUT2D eigenvalue weighted by Crippen LogP contribution is -1.82. The van der Waals surface area contributed by atoms with E-state index in [0.29, 0.717) is 0 Å². The van der Waals surface area contributed by atoms with Crippen LogP contribution in [0.2, 0.25) is 0 Å². The zero-order chi connectivity index (χ0) is 8.97. The molecule has 0 bridgehead atoms. The molecule has 0 atom stereocenters. The molecule has 1 heterocycles. The maximum absolute atomic E-state index is 4.37. The quantitative estimate of drug-likeness (QED) is 0.742. The van der Waals surface area contributed by atoms with Gasteiger partial charge in [-0.05, 0) is 19.4 Å². The number of nitrogens with zero attached hydrogens (tertiary/aromatic N) is 1. The van der Waals surface area contributed by atoms with Crippen molar-refractivity contribution in [2.24, 2.45) is 0 Å². The second kappa shape index (κ2) is 4.77. The zero-order valence-electron chi connectivity index (χ0n) is 7.30. The van der Waals surface area contributed by atoms with Crippen molar-refractivity contribution in [1.82, 2.24) is 4.98 Å². The highest BCUT2D eigenvalue weighted by atomic mass is 79.9. The summed E-state index contributed by atoms with van der Waals surface area (Å²) in [4.78, 5) is 4.37. The number of hydrogen-bond donors (Lipinski definition) is 0. The van der Waals surface area contributed by atoms with Crippen LogP contribution in [-0.4, -0.2) is 10.3 Å². The molecule has 0 fully saturated rings. The summed E-state index contributed by atoms with van der Waals surface area (Å²) in [6.07, 6.45) is 3.24. The molecule has 0 saturated heterocycles. The van der Waals surface area contributed by atoms with Crippen molar-refractivity contribution in [2.45, 2.75) is 20.3 Å². The topological polar surface area (TPSA) is 12.9 Å². The molecule has 1 nitrogen and oxygen atoms in total. The summed E-state index contributed by atoms with van der Waals surface area (Å²) in [5.41, 5.74) is 2.48. The summed E-state index contributed by atoms with van der Waals surface area (Å²) in [7, 11) is 0. The Morgan fingerprint density at radius 2 is 2.50 bits per heavy atom. The Bertz CT molecular complexity index is 272. The number of alkyl halides is 1. The van der Waals surface area contributed by atoms with Gasteiger partial charge in [0.25, 0.3) is 0 Å². The van der Waals surface area contributed by atoms with Gasteiger partial charge < -0.3 is 0 Å². The van der Waals surface area contributed by atoms with Crippen molar-refractivity contribution in [3.63, 3.8) is 0 Å². The normalized spacial score (nSPS) is 12.1. The minimum absolute atomic E-state index is 0.945. The molecular formula is C9H12BrNS. The number of allylic oxidation sites excluding steroid dienone is 1. The predicted octanol–water partition coefficient (Wildman–Crippen LogP) is 3.64. The summed E-state index contributed by atoms with van der Waals surface area (Å²) >= 11 is 5.14. The molecule has 0 radical (unpaired) electrons. The molecule has 0 N–H and O–H groups in total. The summed E-state index contributed by atoms with van der Waals surface area (Å²) in [6, 6.07) is 0. The standard InChI is InChI=1S/C9H12BrNS/c1-3-8(5-10)4-9-6-12-7(2)11-9/h4,6H,3,5H2,1-2H3/b8-4+. The number of rotatable bonds is 3. The van der Waals surface area contributed by atoms with Crippen molar-refractivity contribution in [2.75, 3.05) is 5.33 Å². The fraction of sp³-hybridized carbons (Fsp3) is 0.444. The predicted molar refractivity (Wildman–Crippen MR) is 58.9 cm³/mol. The van der Waals surface area contributed by atoms with E-state index < -0.39 is 0 Å². The van der Waals surface area contributed by atoms with Gasteiger partial charge in [-0.3, -0.25) is 0 Å². The Kier molecular flexibility index (Phi) is 3.95. The maximum atomic E-state index is 4.37. The van der Waals surface area contributed by atoms with Gasteiger partial charge in [-0.2, -0.15) is 0 Å². The third kappa shape index (κ3) is 2.72. The van der Waals surface area contributed by atoms with E-state index >= 15 is 0 Å². The zero-order valence-corrected chi connectivity index (χ0v) is 9.70. The first-order valence-electron chi connectivity index (χ1n) is 3.93. The lowest BCUT2D eigenvalue weighted by molar-refractivity contribution is 1.12. The summed E-state index contributed by atoms with van der Waals surface area (Å²) < 4.78 is 0. The third-order valence-corrected chi connectivity index (χ3v) is 3.13. The van der Waals surface area contributed by atoms with Crippen molar-refractivity contribution >= 4 is 33.3 Å². The Labute approximate surface area is 85.7 Å². The largest absolute Gasteiger partial charge is 0.242 e. The van der Waals surface area contributed by atoms with Crippen LogP contribution in [0.15, 0.2) is 11.0 Å². The van der Waals surface area contributed by atoms with Gasteiger partial charge in [-0.15, -0.1) is 11.3 Å². The van der Waals surface area contributed by atoms with E-state index in [1.54, 1.807) is 11.3 Å². The Balaban J connectivity index is 2.78. The molecule has 0 amide bonds. The fourth-order valence-corrected chi connectivity index (χ4v) is 2.02. The van der Waals surface area contributed by atoms with Gasteiger partial charge in [0.15, 0.2) is 0 Å². The van der Waals surface area contributed by atoms with Crippen LogP contribution in [0.25, 0.3) is 6.08 Å². The highest BCUT2D eigenvalue weighted by Crippen LogP contribution is 2.14. The van der Waals surface area contributed by atoms with Crippen molar-refractivity contribution in [3.05, 3.63) is 21.7 Å². The molecule has 1 aromatic heterocycles. The first kappa shape index (κ1) is 9.93. The van der Waals surface area contributed by atoms with Crippen LogP contribution < -0.4 is 0 Å². The lowest BCUT2D eigenvalue weighted by atomic mass is 10.2. The first-order valence-corrected chi connectivity index (χ1v) is 5.94. The highest BCUT2D eigenvalue weighted by molar-refractivity contribution is 9.09. The van der Waals surface area contributed by atoms with Crippen LogP contribution >= 0.6 is 27.3 Å². The molecule has 0 aliphatic carbocycles. The van der Waals surface area contributed by atoms with Crippen molar-refractivity contribution < 1.29 is 0 Å². The van der Waals surface area contributed by atoms with E-state index in [1.165, 1.54) is 5.57 Å². The highest BCUT2D eigenvalue weighted by Gasteiger charge is 1.96. The van der Waals surface area contributed by atoms with Gasteiger partial charge in [-0.25, -0.2) is 4.98 Å². The Morgan fingerprint density at radius 1 is 1.75 bits per heavy atom. The van der Waals surface area contributed by atoms with Gasteiger partial charge in [0.1, 0.15) is 0 Å². The Hall–Kier alpha value is -0.150. The minimum Gasteiger partial charge on any atom is -0.242 e. The monoisotopic (exact) mass is 245 g/mol. The Morgan fingerprint density at radius 3 is 2.92 bits per heavy atom. The van der Waals surface area contributed by atoms with Gasteiger partial charge in [0.05, 0.1) is 10.7 Å². The molecule has 1 aromatic rings. The van der Waals surface area contributed by atoms with Crippen LogP contribution in [0.5, 0.6) is 0 Å². The molecule has 0 spiro atoms. The number of aromatic nitrogens is 1. The van der Waals surface area contributed by atoms with Crippen LogP contribution in [0.1, 0.15) is 24.0 Å². The number of aryl methyl sites for hydroxylation is 1. The van der Waals surface area contributed by atoms with E-state index in [0.717, 1.165) is 22.5 Å². The molecular weight excluding hydrogens is 234 g/mol. The van der Waals surface area contributed by atoms with Crippen LogP contribution in [-0.2, 0) is 0 Å². The molecule has 0 aliphatic rings.